The van der Waals surface area contributed by atoms with Gasteiger partial charge in [0.2, 0.25) is 0 Å². The molecule has 126 valence electrons. The number of piperazine rings is 1. The molecule has 1 aromatic carbocycles. The molecule has 1 fully saturated rings. The Kier molecular flexibility index (Phi) is 4.88. The maximum Gasteiger partial charge on any atom is 0.317 e. The largest absolute Gasteiger partial charge is 0.363 e. The van der Waals surface area contributed by atoms with E-state index in [1.54, 1.807) is 16.0 Å². The molecular formula is C17H18F2N4O. The van der Waals surface area contributed by atoms with Crippen LogP contribution in [-0.2, 0) is 6.54 Å². The first-order valence-corrected chi connectivity index (χ1v) is 7.77. The predicted molar refractivity (Wildman–Crippen MR) is 86.6 cm³/mol. The van der Waals surface area contributed by atoms with Crippen LogP contribution in [0, 0.1) is 11.6 Å². The molecule has 0 atom stereocenters. The number of anilines is 1. The minimum absolute atomic E-state index is 0.0222. The molecule has 2 aromatic rings. The Morgan fingerprint density at radius 1 is 1.04 bits per heavy atom. The number of rotatable bonds is 3. The molecule has 24 heavy (non-hydrogen) atoms. The molecule has 1 aliphatic rings. The highest BCUT2D eigenvalue weighted by atomic mass is 19.1. The summed E-state index contributed by atoms with van der Waals surface area (Å²) in [7, 11) is 0. The van der Waals surface area contributed by atoms with Gasteiger partial charge in [0.1, 0.15) is 17.3 Å². The first-order valence-electron chi connectivity index (χ1n) is 7.77. The van der Waals surface area contributed by atoms with E-state index in [1.807, 2.05) is 18.2 Å². The van der Waals surface area contributed by atoms with Crippen molar-refractivity contribution in [3.05, 3.63) is 59.9 Å². The SMILES string of the molecule is O=C(NCc1ccccn1)N1CCN(c2c(F)cccc2F)CC1. The van der Waals surface area contributed by atoms with Gasteiger partial charge < -0.3 is 15.1 Å². The summed E-state index contributed by atoms with van der Waals surface area (Å²) in [4.78, 5) is 19.6. The number of halogens is 2. The zero-order chi connectivity index (χ0) is 16.9. The van der Waals surface area contributed by atoms with Crippen LogP contribution in [0.1, 0.15) is 5.69 Å². The number of nitrogens with zero attached hydrogens (tertiary/aromatic N) is 3. The molecule has 0 aliphatic carbocycles. The minimum atomic E-state index is -0.581. The topological polar surface area (TPSA) is 48.5 Å². The van der Waals surface area contributed by atoms with Crippen LogP contribution in [0.3, 0.4) is 0 Å². The molecule has 1 saturated heterocycles. The van der Waals surface area contributed by atoms with Crippen LogP contribution in [0.4, 0.5) is 19.3 Å². The van der Waals surface area contributed by atoms with Gasteiger partial charge in [-0.3, -0.25) is 4.98 Å². The maximum atomic E-state index is 13.8. The summed E-state index contributed by atoms with van der Waals surface area (Å²) in [6.45, 7) is 1.93. The van der Waals surface area contributed by atoms with E-state index < -0.39 is 11.6 Å². The molecule has 7 heteroatoms. The first kappa shape index (κ1) is 16.2. The van der Waals surface area contributed by atoms with Crippen molar-refractivity contribution in [2.24, 2.45) is 0 Å². The van der Waals surface area contributed by atoms with E-state index in [1.165, 1.54) is 18.2 Å². The zero-order valence-electron chi connectivity index (χ0n) is 13.1. The summed E-state index contributed by atoms with van der Waals surface area (Å²) in [5.74, 6) is -1.16. The van der Waals surface area contributed by atoms with Crippen LogP contribution >= 0.6 is 0 Å². The third-order valence-electron chi connectivity index (χ3n) is 3.97. The maximum absolute atomic E-state index is 13.8. The van der Waals surface area contributed by atoms with E-state index in [0.717, 1.165) is 5.69 Å². The normalized spacial score (nSPS) is 14.6. The number of aromatic nitrogens is 1. The van der Waals surface area contributed by atoms with Gasteiger partial charge in [-0.05, 0) is 24.3 Å². The number of pyridine rings is 1. The van der Waals surface area contributed by atoms with Crippen LogP contribution in [0.15, 0.2) is 42.6 Å². The highest BCUT2D eigenvalue weighted by Gasteiger charge is 2.24. The van der Waals surface area contributed by atoms with Crippen LogP contribution in [0.2, 0.25) is 0 Å². The summed E-state index contributed by atoms with van der Waals surface area (Å²) in [6, 6.07) is 9.13. The molecule has 2 heterocycles. The van der Waals surface area contributed by atoms with E-state index in [-0.39, 0.29) is 11.7 Å². The Morgan fingerprint density at radius 2 is 1.75 bits per heavy atom. The Bertz CT molecular complexity index is 683. The van der Waals surface area contributed by atoms with E-state index in [0.29, 0.717) is 32.7 Å². The van der Waals surface area contributed by atoms with E-state index >= 15 is 0 Å². The molecule has 0 bridgehead atoms. The van der Waals surface area contributed by atoms with Crippen molar-refractivity contribution in [1.82, 2.24) is 15.2 Å². The Morgan fingerprint density at radius 3 is 2.38 bits per heavy atom. The second-order valence-corrected chi connectivity index (χ2v) is 5.52. The number of urea groups is 1. The molecular weight excluding hydrogens is 314 g/mol. The molecule has 1 N–H and O–H groups in total. The number of hydrogen-bond acceptors (Lipinski definition) is 3. The van der Waals surface area contributed by atoms with Gasteiger partial charge in [0, 0.05) is 32.4 Å². The molecule has 0 unspecified atom stereocenters. The quantitative estimate of drug-likeness (QED) is 0.939. The van der Waals surface area contributed by atoms with Gasteiger partial charge in [0.05, 0.1) is 12.2 Å². The van der Waals surface area contributed by atoms with E-state index in [9.17, 15) is 13.6 Å². The lowest BCUT2D eigenvalue weighted by Crippen LogP contribution is -2.52. The van der Waals surface area contributed by atoms with Gasteiger partial charge in [0.15, 0.2) is 0 Å². The smallest absolute Gasteiger partial charge is 0.317 e. The van der Waals surface area contributed by atoms with Gasteiger partial charge in [0.25, 0.3) is 0 Å². The summed E-state index contributed by atoms with van der Waals surface area (Å²) < 4.78 is 27.6. The van der Waals surface area contributed by atoms with Gasteiger partial charge in [-0.2, -0.15) is 0 Å². The number of amides is 2. The van der Waals surface area contributed by atoms with Crippen molar-refractivity contribution < 1.29 is 13.6 Å². The lowest BCUT2D eigenvalue weighted by molar-refractivity contribution is 0.193. The Labute approximate surface area is 138 Å². The summed E-state index contributed by atoms with van der Waals surface area (Å²) in [5, 5.41) is 2.80. The number of carbonyl (C=O) groups is 1. The average Bonchev–Trinajstić information content (AvgIpc) is 2.61. The highest BCUT2D eigenvalue weighted by Crippen LogP contribution is 2.24. The molecule has 1 aromatic heterocycles. The fourth-order valence-electron chi connectivity index (χ4n) is 2.70. The van der Waals surface area contributed by atoms with E-state index in [4.69, 9.17) is 0 Å². The van der Waals surface area contributed by atoms with Gasteiger partial charge >= 0.3 is 6.03 Å². The monoisotopic (exact) mass is 332 g/mol. The van der Waals surface area contributed by atoms with Crippen LogP contribution < -0.4 is 10.2 Å². The summed E-state index contributed by atoms with van der Waals surface area (Å²) in [5.41, 5.74) is 0.754. The van der Waals surface area contributed by atoms with Crippen LogP contribution in [0.25, 0.3) is 0 Å². The molecule has 3 rings (SSSR count). The van der Waals surface area contributed by atoms with Crippen molar-refractivity contribution in [2.75, 3.05) is 31.1 Å². The third-order valence-corrected chi connectivity index (χ3v) is 3.97. The second kappa shape index (κ2) is 7.25. The fourth-order valence-corrected chi connectivity index (χ4v) is 2.70. The van der Waals surface area contributed by atoms with E-state index in [2.05, 4.69) is 10.3 Å². The van der Waals surface area contributed by atoms with Gasteiger partial charge in [-0.25, -0.2) is 13.6 Å². The van der Waals surface area contributed by atoms with Crippen molar-refractivity contribution in [2.45, 2.75) is 6.54 Å². The summed E-state index contributed by atoms with van der Waals surface area (Å²) >= 11 is 0. The molecule has 5 nitrogen and oxygen atoms in total. The van der Waals surface area contributed by atoms with Crippen molar-refractivity contribution in [3.63, 3.8) is 0 Å². The van der Waals surface area contributed by atoms with Crippen molar-refractivity contribution in [1.29, 1.82) is 0 Å². The molecule has 2 amide bonds. The third kappa shape index (κ3) is 3.61. The Hall–Kier alpha value is -2.70. The standard InChI is InChI=1S/C17H18F2N4O/c18-14-5-3-6-15(19)16(14)22-8-10-23(11-9-22)17(24)21-12-13-4-1-2-7-20-13/h1-7H,8-12H2,(H,21,24). The Balaban J connectivity index is 1.54. The summed E-state index contributed by atoms with van der Waals surface area (Å²) in [6.07, 6.45) is 1.67. The number of benzene rings is 1. The predicted octanol–water partition coefficient (Wildman–Crippen LogP) is 2.39. The molecule has 0 saturated carbocycles. The van der Waals surface area contributed by atoms with Gasteiger partial charge in [-0.15, -0.1) is 0 Å². The van der Waals surface area contributed by atoms with Crippen molar-refractivity contribution >= 4 is 11.7 Å². The van der Waals surface area contributed by atoms with Gasteiger partial charge in [-0.1, -0.05) is 12.1 Å². The second-order valence-electron chi connectivity index (χ2n) is 5.52. The highest BCUT2D eigenvalue weighted by molar-refractivity contribution is 5.74. The number of carbonyl (C=O) groups excluding carboxylic acids is 1. The molecule has 1 aliphatic heterocycles. The lowest BCUT2D eigenvalue weighted by atomic mass is 10.2. The number of para-hydroxylation sites is 1. The van der Waals surface area contributed by atoms with Crippen molar-refractivity contribution in [3.8, 4) is 0 Å². The zero-order valence-corrected chi connectivity index (χ0v) is 13.1. The fraction of sp³-hybridized carbons (Fsp3) is 0.294. The average molecular weight is 332 g/mol. The minimum Gasteiger partial charge on any atom is -0.363 e. The van der Waals surface area contributed by atoms with Crippen LogP contribution in [0.5, 0.6) is 0 Å². The molecule has 0 spiro atoms. The number of nitrogens with one attached hydrogen (secondary N) is 1. The molecule has 0 radical (unpaired) electrons. The first-order chi connectivity index (χ1) is 11.6. The van der Waals surface area contributed by atoms with Crippen LogP contribution in [-0.4, -0.2) is 42.1 Å². The lowest BCUT2D eigenvalue weighted by Gasteiger charge is -2.36. The number of hydrogen-bond donors (Lipinski definition) is 1.